The summed E-state index contributed by atoms with van der Waals surface area (Å²) >= 11 is 0. The SMILES string of the molecule is CCCCCCC(=O)CC/C=C/C[C@H]1OC(=O)C(COC(C)=O)(NC(C)=O)C1OC(C)=O. The molecule has 32 heavy (non-hydrogen) atoms. The molecule has 3 atom stereocenters. The van der Waals surface area contributed by atoms with Crippen LogP contribution in [0, 0.1) is 0 Å². The third-order valence-corrected chi connectivity index (χ3v) is 5.08. The van der Waals surface area contributed by atoms with Gasteiger partial charge in [-0.05, 0) is 12.8 Å². The van der Waals surface area contributed by atoms with Crippen LogP contribution in [0.15, 0.2) is 12.2 Å². The van der Waals surface area contributed by atoms with E-state index in [0.717, 1.165) is 32.6 Å². The maximum Gasteiger partial charge on any atom is 0.340 e. The van der Waals surface area contributed by atoms with Gasteiger partial charge in [0.25, 0.3) is 0 Å². The Morgan fingerprint density at radius 2 is 1.75 bits per heavy atom. The van der Waals surface area contributed by atoms with Gasteiger partial charge in [-0.15, -0.1) is 0 Å². The van der Waals surface area contributed by atoms with Gasteiger partial charge in [0, 0.05) is 40.0 Å². The molecule has 1 rings (SSSR count). The lowest BCUT2D eigenvalue weighted by atomic mass is 9.90. The minimum Gasteiger partial charge on any atom is -0.463 e. The summed E-state index contributed by atoms with van der Waals surface area (Å²) in [6, 6.07) is 0. The van der Waals surface area contributed by atoms with Gasteiger partial charge in [-0.2, -0.15) is 0 Å². The van der Waals surface area contributed by atoms with E-state index < -0.39 is 48.2 Å². The van der Waals surface area contributed by atoms with Gasteiger partial charge in [-0.1, -0.05) is 38.3 Å². The lowest BCUT2D eigenvalue weighted by Crippen LogP contribution is -2.63. The van der Waals surface area contributed by atoms with Crippen molar-refractivity contribution in [1.82, 2.24) is 5.32 Å². The molecule has 1 saturated heterocycles. The first-order chi connectivity index (χ1) is 15.1. The highest BCUT2D eigenvalue weighted by molar-refractivity contribution is 5.91. The first-order valence-electron chi connectivity index (χ1n) is 11.1. The Morgan fingerprint density at radius 3 is 2.34 bits per heavy atom. The van der Waals surface area contributed by atoms with Crippen molar-refractivity contribution in [3.8, 4) is 0 Å². The van der Waals surface area contributed by atoms with Crippen molar-refractivity contribution in [2.75, 3.05) is 6.61 Å². The summed E-state index contributed by atoms with van der Waals surface area (Å²) in [7, 11) is 0. The molecule has 0 aliphatic carbocycles. The maximum atomic E-state index is 12.7. The van der Waals surface area contributed by atoms with Gasteiger partial charge in [0.15, 0.2) is 6.10 Å². The van der Waals surface area contributed by atoms with Crippen LogP contribution in [-0.4, -0.2) is 54.0 Å². The average Bonchev–Trinajstić information content (AvgIpc) is 2.94. The van der Waals surface area contributed by atoms with Gasteiger partial charge in [0.05, 0.1) is 0 Å². The lowest BCUT2D eigenvalue weighted by molar-refractivity contribution is -0.159. The first kappa shape index (κ1) is 27.3. The number of ketones is 1. The van der Waals surface area contributed by atoms with Gasteiger partial charge >= 0.3 is 17.9 Å². The Bertz CT molecular complexity index is 717. The van der Waals surface area contributed by atoms with E-state index in [1.165, 1.54) is 13.8 Å². The predicted molar refractivity (Wildman–Crippen MR) is 115 cm³/mol. The molecule has 0 aromatic rings. The number of carbonyl (C=O) groups is 5. The monoisotopic (exact) mass is 453 g/mol. The molecule has 1 aliphatic rings. The van der Waals surface area contributed by atoms with Gasteiger partial charge in [-0.3, -0.25) is 19.2 Å². The average molecular weight is 454 g/mol. The maximum absolute atomic E-state index is 12.7. The number of hydrogen-bond donors (Lipinski definition) is 1. The van der Waals surface area contributed by atoms with Crippen LogP contribution >= 0.6 is 0 Å². The summed E-state index contributed by atoms with van der Waals surface area (Å²) in [5.74, 6) is -2.54. The number of Topliss-reactive ketones (excluding diaryl/α,β-unsaturated/α-hetero) is 1. The number of rotatable bonds is 14. The number of unbranched alkanes of at least 4 members (excludes halogenated alkanes) is 3. The van der Waals surface area contributed by atoms with Crippen LogP contribution in [0.5, 0.6) is 0 Å². The van der Waals surface area contributed by atoms with Crippen molar-refractivity contribution in [2.24, 2.45) is 0 Å². The number of carbonyl (C=O) groups excluding carboxylic acids is 5. The summed E-state index contributed by atoms with van der Waals surface area (Å²) in [4.78, 5) is 59.3. The van der Waals surface area contributed by atoms with Crippen LogP contribution in [0.3, 0.4) is 0 Å². The van der Waals surface area contributed by atoms with E-state index in [0.29, 0.717) is 19.3 Å². The molecule has 0 saturated carbocycles. The number of ether oxygens (including phenoxy) is 3. The minimum absolute atomic E-state index is 0.204. The van der Waals surface area contributed by atoms with Crippen molar-refractivity contribution in [3.05, 3.63) is 12.2 Å². The molecule has 0 bridgehead atoms. The van der Waals surface area contributed by atoms with E-state index in [9.17, 15) is 24.0 Å². The molecule has 9 heteroatoms. The standard InChI is InChI=1S/C23H35NO8/c1-5-6-7-9-12-19(28)13-10-8-11-14-20-21(31-18(4)27)23(22(29)32-20,24-16(2)25)15-30-17(3)26/h8,11,20-21H,5-7,9-10,12-15H2,1-4H3,(H,24,25)/b11-8+/t20-,21?,23?/m1/s1. The molecule has 1 aliphatic heterocycles. The normalized spacial score (nSPS) is 22.4. The van der Waals surface area contributed by atoms with E-state index >= 15 is 0 Å². The third-order valence-electron chi connectivity index (χ3n) is 5.08. The summed E-state index contributed by atoms with van der Waals surface area (Å²) in [6.07, 6.45) is 7.50. The zero-order valence-electron chi connectivity index (χ0n) is 19.4. The summed E-state index contributed by atoms with van der Waals surface area (Å²) in [6.45, 7) is 5.13. The second-order valence-corrected chi connectivity index (χ2v) is 8.00. The Hall–Kier alpha value is -2.71. The van der Waals surface area contributed by atoms with Crippen LogP contribution in [0.25, 0.3) is 0 Å². The van der Waals surface area contributed by atoms with Crippen LogP contribution in [0.2, 0.25) is 0 Å². The summed E-state index contributed by atoms with van der Waals surface area (Å²) < 4.78 is 15.7. The fraction of sp³-hybridized carbons (Fsp3) is 0.696. The molecule has 9 nitrogen and oxygen atoms in total. The fourth-order valence-corrected chi connectivity index (χ4v) is 3.56. The molecule has 1 fully saturated rings. The topological polar surface area (TPSA) is 125 Å². The van der Waals surface area contributed by atoms with Crippen LogP contribution in [0.4, 0.5) is 0 Å². The molecule has 1 amide bonds. The Labute approximate surface area is 189 Å². The highest BCUT2D eigenvalue weighted by Crippen LogP contribution is 2.32. The number of hydrogen-bond acceptors (Lipinski definition) is 8. The van der Waals surface area contributed by atoms with E-state index in [2.05, 4.69) is 12.2 Å². The van der Waals surface area contributed by atoms with E-state index in [1.54, 1.807) is 6.08 Å². The van der Waals surface area contributed by atoms with Crippen molar-refractivity contribution in [3.63, 3.8) is 0 Å². The van der Waals surface area contributed by atoms with E-state index in [-0.39, 0.29) is 12.2 Å². The molecule has 2 unspecified atom stereocenters. The third kappa shape index (κ3) is 8.80. The number of cyclic esters (lactones) is 1. The first-order valence-corrected chi connectivity index (χ1v) is 11.1. The fourth-order valence-electron chi connectivity index (χ4n) is 3.56. The molecule has 0 aromatic heterocycles. The molecular formula is C23H35NO8. The van der Waals surface area contributed by atoms with E-state index in [1.807, 2.05) is 6.08 Å². The van der Waals surface area contributed by atoms with E-state index in [4.69, 9.17) is 14.2 Å². The molecule has 180 valence electrons. The van der Waals surface area contributed by atoms with Crippen molar-refractivity contribution in [2.45, 2.75) is 96.8 Å². The lowest BCUT2D eigenvalue weighted by Gasteiger charge is -2.31. The molecular weight excluding hydrogens is 418 g/mol. The second-order valence-electron chi connectivity index (χ2n) is 8.00. The summed E-state index contributed by atoms with van der Waals surface area (Å²) in [5, 5.41) is 2.45. The van der Waals surface area contributed by atoms with Gasteiger partial charge in [0.2, 0.25) is 11.4 Å². The summed E-state index contributed by atoms with van der Waals surface area (Å²) in [5.41, 5.74) is -1.82. The smallest absolute Gasteiger partial charge is 0.340 e. The quantitative estimate of drug-likeness (QED) is 0.184. The van der Waals surface area contributed by atoms with Crippen LogP contribution in [0.1, 0.15) is 79.1 Å². The van der Waals surface area contributed by atoms with Crippen molar-refractivity contribution < 1.29 is 38.2 Å². The van der Waals surface area contributed by atoms with Crippen LogP contribution in [-0.2, 0) is 38.2 Å². The minimum atomic E-state index is -1.82. The van der Waals surface area contributed by atoms with Crippen LogP contribution < -0.4 is 5.32 Å². The van der Waals surface area contributed by atoms with Gasteiger partial charge in [-0.25, -0.2) is 4.79 Å². The highest BCUT2D eigenvalue weighted by atomic mass is 16.6. The number of esters is 3. The molecule has 1 heterocycles. The molecule has 1 N–H and O–H groups in total. The zero-order chi connectivity index (χ0) is 24.1. The number of nitrogens with one attached hydrogen (secondary N) is 1. The molecule has 0 spiro atoms. The molecule has 0 aromatic carbocycles. The largest absolute Gasteiger partial charge is 0.463 e. The van der Waals surface area contributed by atoms with Gasteiger partial charge in [0.1, 0.15) is 18.5 Å². The molecule has 0 radical (unpaired) electrons. The predicted octanol–water partition coefficient (Wildman–Crippen LogP) is 2.55. The van der Waals surface area contributed by atoms with Gasteiger partial charge < -0.3 is 19.5 Å². The Kier molecular flexibility index (Phi) is 11.7. The van der Waals surface area contributed by atoms with Crippen molar-refractivity contribution >= 4 is 29.6 Å². The highest BCUT2D eigenvalue weighted by Gasteiger charge is 2.61. The Morgan fingerprint density at radius 1 is 1.03 bits per heavy atom. The second kappa shape index (κ2) is 13.6. The zero-order valence-corrected chi connectivity index (χ0v) is 19.4. The Balaban J connectivity index is 2.77. The van der Waals surface area contributed by atoms with Crippen molar-refractivity contribution in [1.29, 1.82) is 0 Å². The number of amides is 1. The number of allylic oxidation sites excluding steroid dienone is 1.